The van der Waals surface area contributed by atoms with E-state index >= 15 is 0 Å². The fraction of sp³-hybridized carbons (Fsp3) is 0.211. The molecule has 0 aliphatic rings. The number of ether oxygens (including phenoxy) is 1. The van der Waals surface area contributed by atoms with Gasteiger partial charge >= 0.3 is 0 Å². The Labute approximate surface area is 161 Å². The first-order chi connectivity index (χ1) is 13.5. The maximum absolute atomic E-state index is 12.2. The molecule has 0 unspecified atom stereocenters. The second-order valence-electron chi connectivity index (χ2n) is 6.17. The monoisotopic (exact) mass is 380 g/mol. The number of benzene rings is 1. The van der Waals surface area contributed by atoms with Gasteiger partial charge in [-0.3, -0.25) is 9.59 Å². The van der Waals surface area contributed by atoms with E-state index in [9.17, 15) is 9.59 Å². The molecule has 0 atom stereocenters. The number of hydrogen-bond acceptors (Lipinski definition) is 6. The lowest BCUT2D eigenvalue weighted by molar-refractivity contribution is -0.115. The van der Waals surface area contributed by atoms with Crippen LogP contribution >= 0.6 is 0 Å². The largest absolute Gasteiger partial charge is 0.491 e. The van der Waals surface area contributed by atoms with Crippen molar-refractivity contribution in [3.05, 3.63) is 60.8 Å². The first kappa shape index (κ1) is 19.0. The van der Waals surface area contributed by atoms with E-state index in [0.29, 0.717) is 22.8 Å². The molecule has 0 spiro atoms. The van der Waals surface area contributed by atoms with Crippen molar-refractivity contribution in [3.8, 4) is 11.6 Å². The van der Waals surface area contributed by atoms with Crippen LogP contribution in [-0.4, -0.2) is 44.2 Å². The highest BCUT2D eigenvalue weighted by Crippen LogP contribution is 2.14. The molecule has 0 bridgehead atoms. The molecule has 1 aromatic carbocycles. The second kappa shape index (κ2) is 8.76. The molecule has 9 nitrogen and oxygen atoms in total. The SMILES string of the molecule is CC(C)Oc1ccc(C(=O)NCC(=O)Nc2ccc(-n3cncn3)nc2)cc1. The van der Waals surface area contributed by atoms with Gasteiger partial charge in [0.15, 0.2) is 5.82 Å². The van der Waals surface area contributed by atoms with Gasteiger partial charge in [-0.05, 0) is 50.2 Å². The van der Waals surface area contributed by atoms with E-state index in [2.05, 4.69) is 25.7 Å². The van der Waals surface area contributed by atoms with Crippen molar-refractivity contribution in [2.24, 2.45) is 0 Å². The molecule has 2 amide bonds. The van der Waals surface area contributed by atoms with Crippen molar-refractivity contribution in [2.75, 3.05) is 11.9 Å². The number of carbonyl (C=O) groups is 2. The highest BCUT2D eigenvalue weighted by atomic mass is 16.5. The third-order valence-corrected chi connectivity index (χ3v) is 3.58. The molecule has 2 heterocycles. The summed E-state index contributed by atoms with van der Waals surface area (Å²) in [6, 6.07) is 10.1. The van der Waals surface area contributed by atoms with Crippen LogP contribution in [0.2, 0.25) is 0 Å². The molecule has 0 saturated carbocycles. The first-order valence-corrected chi connectivity index (χ1v) is 8.67. The van der Waals surface area contributed by atoms with Crippen LogP contribution in [0.25, 0.3) is 5.82 Å². The number of nitrogens with zero attached hydrogens (tertiary/aromatic N) is 4. The molecule has 3 rings (SSSR count). The maximum Gasteiger partial charge on any atom is 0.251 e. The van der Waals surface area contributed by atoms with Crippen molar-refractivity contribution in [2.45, 2.75) is 20.0 Å². The minimum atomic E-state index is -0.358. The average Bonchev–Trinajstić information content (AvgIpc) is 3.21. The van der Waals surface area contributed by atoms with E-state index in [1.807, 2.05) is 13.8 Å². The molecule has 0 fully saturated rings. The topological polar surface area (TPSA) is 111 Å². The summed E-state index contributed by atoms with van der Waals surface area (Å²) in [7, 11) is 0. The quantitative estimate of drug-likeness (QED) is 0.647. The third-order valence-electron chi connectivity index (χ3n) is 3.58. The second-order valence-corrected chi connectivity index (χ2v) is 6.17. The number of hydrogen-bond donors (Lipinski definition) is 2. The van der Waals surface area contributed by atoms with Crippen molar-refractivity contribution in [3.63, 3.8) is 0 Å². The Kier molecular flexibility index (Phi) is 5.95. The summed E-state index contributed by atoms with van der Waals surface area (Å²) in [6.07, 6.45) is 4.50. The van der Waals surface area contributed by atoms with Crippen LogP contribution in [0.4, 0.5) is 5.69 Å². The zero-order chi connectivity index (χ0) is 19.9. The van der Waals surface area contributed by atoms with Gasteiger partial charge in [-0.2, -0.15) is 5.10 Å². The number of amides is 2. The van der Waals surface area contributed by atoms with Gasteiger partial charge in [-0.25, -0.2) is 14.6 Å². The summed E-state index contributed by atoms with van der Waals surface area (Å²) in [5.41, 5.74) is 0.959. The van der Waals surface area contributed by atoms with E-state index in [4.69, 9.17) is 4.74 Å². The van der Waals surface area contributed by atoms with Gasteiger partial charge in [0.2, 0.25) is 5.91 Å². The maximum atomic E-state index is 12.2. The molecule has 144 valence electrons. The molecule has 0 radical (unpaired) electrons. The number of nitrogens with one attached hydrogen (secondary N) is 2. The lowest BCUT2D eigenvalue weighted by Gasteiger charge is -2.10. The molecule has 0 saturated heterocycles. The highest BCUT2D eigenvalue weighted by molar-refractivity contribution is 5.99. The summed E-state index contributed by atoms with van der Waals surface area (Å²) in [6.45, 7) is 3.70. The van der Waals surface area contributed by atoms with Crippen LogP contribution in [0.1, 0.15) is 24.2 Å². The Morgan fingerprint density at radius 2 is 1.93 bits per heavy atom. The Balaban J connectivity index is 1.49. The molecule has 2 N–H and O–H groups in total. The summed E-state index contributed by atoms with van der Waals surface area (Å²) >= 11 is 0. The number of carbonyl (C=O) groups excluding carboxylic acids is 2. The van der Waals surface area contributed by atoms with E-state index < -0.39 is 0 Å². The van der Waals surface area contributed by atoms with Gasteiger partial charge in [0, 0.05) is 5.56 Å². The van der Waals surface area contributed by atoms with E-state index in [1.165, 1.54) is 23.5 Å². The summed E-state index contributed by atoms with van der Waals surface area (Å²) < 4.78 is 7.04. The molecule has 2 aromatic heterocycles. The van der Waals surface area contributed by atoms with Gasteiger partial charge in [0.05, 0.1) is 24.5 Å². The summed E-state index contributed by atoms with van der Waals surface area (Å²) in [4.78, 5) is 32.2. The molecule has 0 aliphatic heterocycles. The van der Waals surface area contributed by atoms with Gasteiger partial charge in [-0.1, -0.05) is 0 Å². The van der Waals surface area contributed by atoms with Crippen LogP contribution in [0, 0.1) is 0 Å². The minimum absolute atomic E-state index is 0.0585. The standard InChI is InChI=1S/C19H20N6O3/c1-13(2)28-16-6-3-14(4-7-16)19(27)22-10-18(26)24-15-5-8-17(21-9-15)25-12-20-11-23-25/h3-9,11-13H,10H2,1-2H3,(H,22,27)(H,24,26). The molecule has 0 aliphatic carbocycles. The number of anilines is 1. The normalized spacial score (nSPS) is 10.5. The Morgan fingerprint density at radius 3 is 2.54 bits per heavy atom. The predicted octanol–water partition coefficient (Wildman–Crippen LogP) is 1.82. The van der Waals surface area contributed by atoms with E-state index in [-0.39, 0.29) is 24.5 Å². The fourth-order valence-corrected chi connectivity index (χ4v) is 2.35. The van der Waals surface area contributed by atoms with Crippen LogP contribution in [0.15, 0.2) is 55.2 Å². The van der Waals surface area contributed by atoms with E-state index in [1.54, 1.807) is 36.4 Å². The third kappa shape index (κ3) is 5.13. The average molecular weight is 380 g/mol. The minimum Gasteiger partial charge on any atom is -0.491 e. The van der Waals surface area contributed by atoms with Crippen molar-refractivity contribution in [1.82, 2.24) is 25.1 Å². The number of rotatable bonds is 7. The number of aromatic nitrogens is 4. The van der Waals surface area contributed by atoms with Gasteiger partial charge in [0.1, 0.15) is 18.4 Å². The van der Waals surface area contributed by atoms with Crippen LogP contribution < -0.4 is 15.4 Å². The molecule has 3 aromatic rings. The predicted molar refractivity (Wildman–Crippen MR) is 102 cm³/mol. The Morgan fingerprint density at radius 1 is 1.14 bits per heavy atom. The molecular formula is C19H20N6O3. The van der Waals surface area contributed by atoms with Crippen LogP contribution in [0.3, 0.4) is 0 Å². The lowest BCUT2D eigenvalue weighted by atomic mass is 10.2. The Hall–Kier alpha value is -3.75. The van der Waals surface area contributed by atoms with Crippen molar-refractivity contribution in [1.29, 1.82) is 0 Å². The van der Waals surface area contributed by atoms with Crippen molar-refractivity contribution < 1.29 is 14.3 Å². The van der Waals surface area contributed by atoms with Gasteiger partial charge in [-0.15, -0.1) is 0 Å². The fourth-order valence-electron chi connectivity index (χ4n) is 2.35. The van der Waals surface area contributed by atoms with Gasteiger partial charge < -0.3 is 15.4 Å². The van der Waals surface area contributed by atoms with Gasteiger partial charge in [0.25, 0.3) is 5.91 Å². The number of pyridine rings is 1. The zero-order valence-electron chi connectivity index (χ0n) is 15.5. The molecular weight excluding hydrogens is 360 g/mol. The zero-order valence-corrected chi connectivity index (χ0v) is 15.5. The lowest BCUT2D eigenvalue weighted by Crippen LogP contribution is -2.32. The summed E-state index contributed by atoms with van der Waals surface area (Å²) in [5.74, 6) is 0.564. The summed E-state index contributed by atoms with van der Waals surface area (Å²) in [5, 5.41) is 9.22. The van der Waals surface area contributed by atoms with Crippen LogP contribution in [-0.2, 0) is 4.79 Å². The highest BCUT2D eigenvalue weighted by Gasteiger charge is 2.09. The first-order valence-electron chi connectivity index (χ1n) is 8.67. The molecule has 28 heavy (non-hydrogen) atoms. The van der Waals surface area contributed by atoms with E-state index in [0.717, 1.165) is 0 Å². The Bertz CT molecular complexity index is 921. The molecule has 9 heteroatoms. The van der Waals surface area contributed by atoms with Crippen LogP contribution in [0.5, 0.6) is 5.75 Å². The van der Waals surface area contributed by atoms with Crippen molar-refractivity contribution >= 4 is 17.5 Å². The smallest absolute Gasteiger partial charge is 0.251 e.